The summed E-state index contributed by atoms with van der Waals surface area (Å²) in [5, 5.41) is 0. The third-order valence-corrected chi connectivity index (χ3v) is 2.12. The lowest BCUT2D eigenvalue weighted by Crippen LogP contribution is -2.29. The molecule has 0 bridgehead atoms. The number of carbonyl (C=O) groups is 2. The Morgan fingerprint density at radius 1 is 1.33 bits per heavy atom. The molecule has 0 aromatic rings. The molecule has 0 spiro atoms. The van der Waals surface area contributed by atoms with Crippen LogP contribution in [0, 0.1) is 0 Å². The number of carbonyl (C=O) groups excluding carboxylic acids is 2. The van der Waals surface area contributed by atoms with Crippen molar-refractivity contribution < 1.29 is 32.6 Å². The molecule has 0 saturated carbocycles. The van der Waals surface area contributed by atoms with Gasteiger partial charge in [-0.1, -0.05) is 6.92 Å². The monoisotopic (exact) mass is 268 g/mol. The summed E-state index contributed by atoms with van der Waals surface area (Å²) in [7, 11) is 1.21. The Labute approximate surface area is 104 Å². The molecule has 0 aliphatic carbocycles. The van der Waals surface area contributed by atoms with Gasteiger partial charge in [-0.25, -0.2) is 0 Å². The van der Waals surface area contributed by atoms with Crippen LogP contribution < -0.4 is 0 Å². The Balaban J connectivity index is 4.22. The lowest BCUT2D eigenvalue weighted by molar-refractivity contribution is -0.251. The molecule has 5 nitrogen and oxygen atoms in total. The molecule has 0 rings (SSSR count). The van der Waals surface area contributed by atoms with Gasteiger partial charge >= 0.3 is 18.0 Å². The average molecular weight is 268 g/mol. The maximum Gasteiger partial charge on any atom is 0.355 e. The van der Waals surface area contributed by atoms with E-state index in [9.17, 15) is 18.4 Å². The molecular formula is C11H18F2O5. The summed E-state index contributed by atoms with van der Waals surface area (Å²) in [4.78, 5) is 21.7. The molecular weight excluding hydrogens is 250 g/mol. The molecule has 0 radical (unpaired) electrons. The van der Waals surface area contributed by atoms with Gasteiger partial charge in [0, 0.05) is 19.8 Å². The van der Waals surface area contributed by atoms with Gasteiger partial charge < -0.3 is 14.2 Å². The van der Waals surface area contributed by atoms with Gasteiger partial charge in [-0.05, 0) is 6.42 Å². The van der Waals surface area contributed by atoms with Crippen LogP contribution in [0.1, 0.15) is 33.1 Å². The van der Waals surface area contributed by atoms with Gasteiger partial charge in [0.15, 0.2) is 0 Å². The minimum atomic E-state index is -3.26. The van der Waals surface area contributed by atoms with Crippen molar-refractivity contribution >= 4 is 11.9 Å². The van der Waals surface area contributed by atoms with Crippen LogP contribution in [0.2, 0.25) is 0 Å². The first-order valence-corrected chi connectivity index (χ1v) is 5.56. The Morgan fingerprint density at radius 3 is 2.39 bits per heavy atom. The fourth-order valence-electron chi connectivity index (χ4n) is 1.11. The van der Waals surface area contributed by atoms with Gasteiger partial charge in [0.2, 0.25) is 0 Å². The third-order valence-electron chi connectivity index (χ3n) is 2.12. The van der Waals surface area contributed by atoms with Gasteiger partial charge in [-0.3, -0.25) is 9.59 Å². The maximum absolute atomic E-state index is 12.9. The molecule has 0 aromatic carbocycles. The smallest absolute Gasteiger partial charge is 0.355 e. The first-order valence-electron chi connectivity index (χ1n) is 5.56. The van der Waals surface area contributed by atoms with Crippen molar-refractivity contribution in [2.75, 3.05) is 13.7 Å². The van der Waals surface area contributed by atoms with E-state index in [4.69, 9.17) is 4.74 Å². The molecule has 0 aliphatic heterocycles. The SMILES string of the molecule is CCC(F)(F)OCC(CCC(=O)OC)OC(C)=O. The highest BCUT2D eigenvalue weighted by Crippen LogP contribution is 2.20. The summed E-state index contributed by atoms with van der Waals surface area (Å²) < 4.78 is 39.3. The minimum absolute atomic E-state index is 0.0322. The second-order valence-corrected chi connectivity index (χ2v) is 3.65. The summed E-state index contributed by atoms with van der Waals surface area (Å²) in [5.74, 6) is -1.12. The minimum Gasteiger partial charge on any atom is -0.469 e. The Bertz CT molecular complexity index is 281. The molecule has 0 saturated heterocycles. The lowest BCUT2D eigenvalue weighted by atomic mass is 10.2. The molecule has 18 heavy (non-hydrogen) atoms. The van der Waals surface area contributed by atoms with Crippen molar-refractivity contribution in [1.29, 1.82) is 0 Å². The maximum atomic E-state index is 12.9. The van der Waals surface area contributed by atoms with E-state index in [1.54, 1.807) is 0 Å². The van der Waals surface area contributed by atoms with Gasteiger partial charge in [0.1, 0.15) is 6.10 Å². The van der Waals surface area contributed by atoms with Crippen LogP contribution >= 0.6 is 0 Å². The van der Waals surface area contributed by atoms with Gasteiger partial charge in [-0.2, -0.15) is 8.78 Å². The number of methoxy groups -OCH3 is 1. The number of rotatable bonds is 8. The quantitative estimate of drug-likeness (QED) is 0.629. The zero-order valence-corrected chi connectivity index (χ0v) is 10.7. The van der Waals surface area contributed by atoms with Crippen molar-refractivity contribution in [3.63, 3.8) is 0 Å². The largest absolute Gasteiger partial charge is 0.469 e. The van der Waals surface area contributed by atoms with E-state index in [1.807, 2.05) is 0 Å². The van der Waals surface area contributed by atoms with E-state index in [1.165, 1.54) is 14.0 Å². The van der Waals surface area contributed by atoms with Crippen LogP contribution in [0.15, 0.2) is 0 Å². The van der Waals surface area contributed by atoms with E-state index < -0.39 is 37.2 Å². The normalized spacial score (nSPS) is 12.9. The average Bonchev–Trinajstić information content (AvgIpc) is 2.31. The van der Waals surface area contributed by atoms with E-state index in [2.05, 4.69) is 9.47 Å². The predicted octanol–water partition coefficient (Wildman–Crippen LogP) is 1.89. The molecule has 7 heteroatoms. The molecule has 0 aromatic heterocycles. The number of ether oxygens (including phenoxy) is 3. The topological polar surface area (TPSA) is 61.8 Å². The summed E-state index contributed by atoms with van der Waals surface area (Å²) in [6, 6.07) is 0. The van der Waals surface area contributed by atoms with Crippen LogP contribution in [-0.2, 0) is 23.8 Å². The fraction of sp³-hybridized carbons (Fsp3) is 0.818. The van der Waals surface area contributed by atoms with E-state index in [-0.39, 0.29) is 12.8 Å². The predicted molar refractivity (Wildman–Crippen MR) is 58.0 cm³/mol. The van der Waals surface area contributed by atoms with Gasteiger partial charge in [0.25, 0.3) is 0 Å². The highest BCUT2D eigenvalue weighted by molar-refractivity contribution is 5.69. The molecule has 0 amide bonds. The van der Waals surface area contributed by atoms with Crippen molar-refractivity contribution in [3.8, 4) is 0 Å². The fourth-order valence-corrected chi connectivity index (χ4v) is 1.11. The summed E-state index contributed by atoms with van der Waals surface area (Å²) in [6.07, 6.45) is -4.58. The van der Waals surface area contributed by atoms with Crippen LogP contribution in [0.5, 0.6) is 0 Å². The van der Waals surface area contributed by atoms with E-state index in [0.29, 0.717) is 0 Å². The van der Waals surface area contributed by atoms with E-state index >= 15 is 0 Å². The van der Waals surface area contributed by atoms with Crippen LogP contribution in [0.3, 0.4) is 0 Å². The lowest BCUT2D eigenvalue weighted by Gasteiger charge is -2.20. The van der Waals surface area contributed by atoms with E-state index in [0.717, 1.165) is 6.92 Å². The summed E-state index contributed by atoms with van der Waals surface area (Å²) in [6.45, 7) is 1.97. The number of esters is 2. The molecule has 0 fully saturated rings. The van der Waals surface area contributed by atoms with Crippen LogP contribution in [0.4, 0.5) is 8.78 Å². The molecule has 0 N–H and O–H groups in total. The number of alkyl halides is 2. The highest BCUT2D eigenvalue weighted by Gasteiger charge is 2.29. The standard InChI is InChI=1S/C11H18F2O5/c1-4-11(12,13)17-7-9(18-8(2)14)5-6-10(15)16-3/h9H,4-7H2,1-3H3. The van der Waals surface area contributed by atoms with Crippen molar-refractivity contribution in [2.24, 2.45) is 0 Å². The van der Waals surface area contributed by atoms with Crippen LogP contribution in [0.25, 0.3) is 0 Å². The molecule has 106 valence electrons. The third kappa shape index (κ3) is 7.94. The van der Waals surface area contributed by atoms with Crippen LogP contribution in [-0.4, -0.2) is 37.9 Å². The number of hydrogen-bond donors (Lipinski definition) is 0. The zero-order chi connectivity index (χ0) is 14.2. The Hall–Kier alpha value is -1.24. The second kappa shape index (κ2) is 7.97. The first-order chi connectivity index (χ1) is 8.30. The molecule has 0 heterocycles. The Kier molecular flexibility index (Phi) is 7.42. The zero-order valence-electron chi connectivity index (χ0n) is 10.7. The number of hydrogen-bond acceptors (Lipinski definition) is 5. The molecule has 0 aliphatic rings. The van der Waals surface area contributed by atoms with Crippen molar-refractivity contribution in [3.05, 3.63) is 0 Å². The van der Waals surface area contributed by atoms with Crippen molar-refractivity contribution in [2.45, 2.75) is 45.3 Å². The van der Waals surface area contributed by atoms with Crippen molar-refractivity contribution in [1.82, 2.24) is 0 Å². The van der Waals surface area contributed by atoms with Gasteiger partial charge in [0.05, 0.1) is 13.7 Å². The molecule has 1 unspecified atom stereocenters. The van der Waals surface area contributed by atoms with Gasteiger partial charge in [-0.15, -0.1) is 0 Å². The molecule has 1 atom stereocenters. The summed E-state index contributed by atoms with van der Waals surface area (Å²) >= 11 is 0. The number of halogens is 2. The Morgan fingerprint density at radius 2 is 1.94 bits per heavy atom. The summed E-state index contributed by atoms with van der Waals surface area (Å²) in [5.41, 5.74) is 0. The first kappa shape index (κ1) is 16.8. The highest BCUT2D eigenvalue weighted by atomic mass is 19.3. The second-order valence-electron chi connectivity index (χ2n) is 3.65.